The number of rotatable bonds is 5. The number of carboxylic acids is 1. The largest absolute Gasteiger partial charge is 0.481 e. The quantitative estimate of drug-likeness (QED) is 0.889. The van der Waals surface area contributed by atoms with Crippen molar-refractivity contribution < 1.29 is 18.3 Å². The number of carboxylic acid groups (broad SMARTS) is 1. The average Bonchev–Trinajstić information content (AvgIpc) is 2.60. The van der Waals surface area contributed by atoms with Gasteiger partial charge < -0.3 is 5.11 Å². The Balaban J connectivity index is 1.92. The van der Waals surface area contributed by atoms with Crippen molar-refractivity contribution in [3.8, 4) is 0 Å². The van der Waals surface area contributed by atoms with Crippen LogP contribution in [0.2, 0.25) is 0 Å². The van der Waals surface area contributed by atoms with Gasteiger partial charge in [0.05, 0.1) is 10.6 Å². The molecule has 0 aliphatic carbocycles. The number of benzene rings is 2. The van der Waals surface area contributed by atoms with E-state index in [1.54, 1.807) is 24.3 Å². The summed E-state index contributed by atoms with van der Waals surface area (Å²) in [6, 6.07) is 14.0. The zero-order chi connectivity index (χ0) is 18.0. The lowest BCUT2D eigenvalue weighted by atomic mass is 9.99. The van der Waals surface area contributed by atoms with Gasteiger partial charge >= 0.3 is 5.97 Å². The molecule has 1 heterocycles. The van der Waals surface area contributed by atoms with Crippen LogP contribution in [0.15, 0.2) is 53.4 Å². The number of fused-ring (bicyclic) bond motifs is 1. The predicted octanol–water partition coefficient (Wildman–Crippen LogP) is 3.23. The normalized spacial score (nSPS) is 17.2. The lowest BCUT2D eigenvalue weighted by molar-refractivity contribution is -0.136. The summed E-state index contributed by atoms with van der Waals surface area (Å²) in [7, 11) is -3.66. The topological polar surface area (TPSA) is 74.7 Å². The third kappa shape index (κ3) is 3.54. The molecule has 25 heavy (non-hydrogen) atoms. The number of anilines is 1. The van der Waals surface area contributed by atoms with Gasteiger partial charge in [-0.3, -0.25) is 9.10 Å². The molecule has 0 spiro atoms. The maximum absolute atomic E-state index is 13.2. The van der Waals surface area contributed by atoms with Gasteiger partial charge in [-0.05, 0) is 55.5 Å². The fraction of sp³-hybridized carbons (Fsp3) is 0.316. The van der Waals surface area contributed by atoms with Crippen LogP contribution in [-0.4, -0.2) is 25.5 Å². The third-order valence-corrected chi connectivity index (χ3v) is 6.51. The number of para-hydroxylation sites is 1. The van der Waals surface area contributed by atoms with Crippen LogP contribution in [-0.2, 0) is 27.7 Å². The fourth-order valence-electron chi connectivity index (χ4n) is 3.22. The molecular weight excluding hydrogens is 338 g/mol. The Hall–Kier alpha value is -2.34. The van der Waals surface area contributed by atoms with Crippen LogP contribution in [0.5, 0.6) is 0 Å². The molecule has 3 rings (SSSR count). The molecule has 1 N–H and O–H groups in total. The van der Waals surface area contributed by atoms with E-state index in [1.165, 1.54) is 4.31 Å². The van der Waals surface area contributed by atoms with Gasteiger partial charge in [-0.1, -0.05) is 30.3 Å². The minimum Gasteiger partial charge on any atom is -0.481 e. The summed E-state index contributed by atoms with van der Waals surface area (Å²) >= 11 is 0. The Labute approximate surface area is 148 Å². The number of hydrogen-bond donors (Lipinski definition) is 1. The minimum absolute atomic E-state index is 0.0304. The molecule has 0 amide bonds. The van der Waals surface area contributed by atoms with Gasteiger partial charge in [-0.25, -0.2) is 8.42 Å². The summed E-state index contributed by atoms with van der Waals surface area (Å²) < 4.78 is 27.9. The maximum atomic E-state index is 13.2. The van der Waals surface area contributed by atoms with E-state index >= 15 is 0 Å². The second-order valence-electron chi connectivity index (χ2n) is 6.35. The van der Waals surface area contributed by atoms with Crippen LogP contribution in [0, 0.1) is 0 Å². The van der Waals surface area contributed by atoms with Crippen molar-refractivity contribution in [1.82, 2.24) is 0 Å². The summed E-state index contributed by atoms with van der Waals surface area (Å²) in [6.07, 6.45) is 2.08. The van der Waals surface area contributed by atoms with Crippen LogP contribution in [0.25, 0.3) is 0 Å². The highest BCUT2D eigenvalue weighted by atomic mass is 32.2. The molecule has 0 bridgehead atoms. The Bertz CT molecular complexity index is 875. The smallest absolute Gasteiger partial charge is 0.303 e. The van der Waals surface area contributed by atoms with E-state index in [0.717, 1.165) is 29.7 Å². The molecule has 0 unspecified atom stereocenters. The third-order valence-electron chi connectivity index (χ3n) is 4.57. The van der Waals surface area contributed by atoms with Crippen molar-refractivity contribution in [3.63, 3.8) is 0 Å². The molecule has 0 aromatic heterocycles. The van der Waals surface area contributed by atoms with Gasteiger partial charge in [-0.2, -0.15) is 0 Å². The van der Waals surface area contributed by atoms with Crippen molar-refractivity contribution in [2.75, 3.05) is 4.31 Å². The van der Waals surface area contributed by atoms with Crippen molar-refractivity contribution in [2.24, 2.45) is 0 Å². The Morgan fingerprint density at radius 3 is 2.52 bits per heavy atom. The molecule has 0 radical (unpaired) electrons. The Kier molecular flexibility index (Phi) is 4.81. The predicted molar refractivity (Wildman–Crippen MR) is 96.3 cm³/mol. The van der Waals surface area contributed by atoms with E-state index < -0.39 is 16.0 Å². The van der Waals surface area contributed by atoms with Gasteiger partial charge in [0.15, 0.2) is 0 Å². The lowest BCUT2D eigenvalue weighted by Gasteiger charge is -2.36. The van der Waals surface area contributed by atoms with E-state index in [2.05, 4.69) is 0 Å². The van der Waals surface area contributed by atoms with Gasteiger partial charge in [0.2, 0.25) is 0 Å². The van der Waals surface area contributed by atoms with Crippen molar-refractivity contribution in [1.29, 1.82) is 0 Å². The highest BCUT2D eigenvalue weighted by Crippen LogP contribution is 2.35. The summed E-state index contributed by atoms with van der Waals surface area (Å²) in [5.41, 5.74) is 2.60. The standard InChI is InChI=1S/C19H21NO4S/c1-14-6-10-16-4-2-3-5-18(16)20(14)25(23,24)17-11-7-15(8-12-17)9-13-19(21)22/h2-5,7-8,11-12,14H,6,9-10,13H2,1H3,(H,21,22)/t14-/m1/s1. The Morgan fingerprint density at radius 2 is 1.84 bits per heavy atom. The first-order valence-electron chi connectivity index (χ1n) is 8.32. The van der Waals surface area contributed by atoms with Crippen molar-refractivity contribution >= 4 is 21.7 Å². The van der Waals surface area contributed by atoms with Gasteiger partial charge in [0.1, 0.15) is 0 Å². The van der Waals surface area contributed by atoms with Crippen molar-refractivity contribution in [2.45, 2.75) is 43.5 Å². The second-order valence-corrected chi connectivity index (χ2v) is 8.17. The average molecular weight is 359 g/mol. The highest BCUT2D eigenvalue weighted by molar-refractivity contribution is 7.92. The van der Waals surface area contributed by atoms with E-state index in [1.807, 2.05) is 31.2 Å². The molecule has 1 aliphatic heterocycles. The van der Waals surface area contributed by atoms with Gasteiger partial charge in [0.25, 0.3) is 10.0 Å². The number of aliphatic carboxylic acids is 1. The SMILES string of the molecule is C[C@@H]1CCc2ccccc2N1S(=O)(=O)c1ccc(CCC(=O)O)cc1. The summed E-state index contributed by atoms with van der Waals surface area (Å²) in [5, 5.41) is 8.75. The Morgan fingerprint density at radius 1 is 1.16 bits per heavy atom. The van der Waals surface area contributed by atoms with Crippen LogP contribution < -0.4 is 4.31 Å². The number of aryl methyl sites for hydroxylation is 2. The zero-order valence-electron chi connectivity index (χ0n) is 14.1. The molecular formula is C19H21NO4S. The minimum atomic E-state index is -3.66. The van der Waals surface area contributed by atoms with Crippen LogP contribution >= 0.6 is 0 Å². The summed E-state index contributed by atoms with van der Waals surface area (Å²) in [6.45, 7) is 1.93. The lowest BCUT2D eigenvalue weighted by Crippen LogP contribution is -2.42. The van der Waals surface area contributed by atoms with Gasteiger partial charge in [0, 0.05) is 12.5 Å². The number of carbonyl (C=O) groups is 1. The van der Waals surface area contributed by atoms with E-state index in [-0.39, 0.29) is 17.4 Å². The maximum Gasteiger partial charge on any atom is 0.303 e. The molecule has 132 valence electrons. The zero-order valence-corrected chi connectivity index (χ0v) is 14.9. The molecule has 6 heteroatoms. The first kappa shape index (κ1) is 17.5. The van der Waals surface area contributed by atoms with E-state index in [4.69, 9.17) is 5.11 Å². The molecule has 1 aliphatic rings. The molecule has 2 aromatic rings. The molecule has 0 saturated heterocycles. The van der Waals surface area contributed by atoms with Crippen LogP contribution in [0.4, 0.5) is 5.69 Å². The number of nitrogens with zero attached hydrogens (tertiary/aromatic N) is 1. The highest BCUT2D eigenvalue weighted by Gasteiger charge is 2.33. The molecule has 0 saturated carbocycles. The molecule has 0 fully saturated rings. The summed E-state index contributed by atoms with van der Waals surface area (Å²) in [4.78, 5) is 10.9. The second kappa shape index (κ2) is 6.88. The van der Waals surface area contributed by atoms with E-state index in [9.17, 15) is 13.2 Å². The number of sulfonamides is 1. The molecule has 2 aromatic carbocycles. The monoisotopic (exact) mass is 359 g/mol. The fourth-order valence-corrected chi connectivity index (χ4v) is 4.94. The number of hydrogen-bond acceptors (Lipinski definition) is 3. The van der Waals surface area contributed by atoms with Crippen LogP contribution in [0.3, 0.4) is 0 Å². The van der Waals surface area contributed by atoms with Crippen LogP contribution in [0.1, 0.15) is 30.9 Å². The van der Waals surface area contributed by atoms with E-state index in [0.29, 0.717) is 6.42 Å². The molecule has 1 atom stereocenters. The van der Waals surface area contributed by atoms with Gasteiger partial charge in [-0.15, -0.1) is 0 Å². The van der Waals surface area contributed by atoms with Crippen molar-refractivity contribution in [3.05, 3.63) is 59.7 Å². The summed E-state index contributed by atoms with van der Waals surface area (Å²) in [5.74, 6) is -0.865. The first-order valence-corrected chi connectivity index (χ1v) is 9.76. The first-order chi connectivity index (χ1) is 11.9. The molecule has 5 nitrogen and oxygen atoms in total.